The highest BCUT2D eigenvalue weighted by Gasteiger charge is 2.17. The molecule has 0 aliphatic carbocycles. The predicted octanol–water partition coefficient (Wildman–Crippen LogP) is -2.37. The molecule has 18 heavy (non-hydrogen) atoms. The molecule has 0 aliphatic heterocycles. The van der Waals surface area contributed by atoms with Crippen LogP contribution in [0.2, 0.25) is 0 Å². The maximum Gasteiger partial charge on any atom is 0.236 e. The van der Waals surface area contributed by atoms with Gasteiger partial charge in [-0.05, 0) is 0 Å². The summed E-state index contributed by atoms with van der Waals surface area (Å²) in [5, 5.41) is 8.40. The van der Waals surface area contributed by atoms with Crippen LogP contribution in [-0.4, -0.2) is 60.7 Å². The lowest BCUT2D eigenvalue weighted by atomic mass is 10.3. The minimum atomic E-state index is -0.649. The third-order valence-electron chi connectivity index (χ3n) is 2.10. The fourth-order valence-electron chi connectivity index (χ4n) is 1.26. The molecule has 100 valence electrons. The van der Waals surface area contributed by atoms with E-state index in [0.29, 0.717) is 0 Å². The number of likely N-dealkylation sites (N-methyl/N-ethyl adjacent to an activating group) is 1. The van der Waals surface area contributed by atoms with Gasteiger partial charge in [0, 0.05) is 13.6 Å². The number of nitrogens with zero attached hydrogens (tertiary/aromatic N) is 3. The van der Waals surface area contributed by atoms with Gasteiger partial charge in [-0.25, -0.2) is 0 Å². The zero-order valence-electron chi connectivity index (χ0n) is 10.3. The van der Waals surface area contributed by atoms with Crippen LogP contribution < -0.4 is 11.5 Å². The summed E-state index contributed by atoms with van der Waals surface area (Å²) in [5.41, 5.74) is 10.0. The maximum atomic E-state index is 11.7. The molecule has 0 spiro atoms. The molecule has 0 aliphatic rings. The van der Waals surface area contributed by atoms with Crippen LogP contribution in [0.4, 0.5) is 0 Å². The fraction of sp³-hybridized carbons (Fsp3) is 0.600. The lowest BCUT2D eigenvalue weighted by Gasteiger charge is -2.22. The number of hydrogen-bond acceptors (Lipinski definition) is 5. The van der Waals surface area contributed by atoms with E-state index in [1.807, 2.05) is 6.07 Å². The quantitative estimate of drug-likeness (QED) is 0.500. The van der Waals surface area contributed by atoms with Crippen LogP contribution in [-0.2, 0) is 14.4 Å². The third-order valence-corrected chi connectivity index (χ3v) is 2.10. The molecule has 0 unspecified atom stereocenters. The molecule has 0 rings (SSSR count). The number of amides is 3. The van der Waals surface area contributed by atoms with E-state index in [4.69, 9.17) is 16.7 Å². The number of nitrogens with two attached hydrogens (primary N) is 2. The van der Waals surface area contributed by atoms with Crippen molar-refractivity contribution >= 4 is 17.7 Å². The van der Waals surface area contributed by atoms with Crippen molar-refractivity contribution < 1.29 is 14.4 Å². The van der Waals surface area contributed by atoms with Crippen LogP contribution in [0.5, 0.6) is 0 Å². The van der Waals surface area contributed by atoms with Gasteiger partial charge in [0.05, 0.1) is 32.1 Å². The van der Waals surface area contributed by atoms with E-state index in [2.05, 4.69) is 0 Å². The molecular formula is C10H17N5O3. The van der Waals surface area contributed by atoms with E-state index in [-0.39, 0.29) is 38.5 Å². The molecule has 0 saturated carbocycles. The Balaban J connectivity index is 4.38. The second kappa shape index (κ2) is 8.03. The number of nitriles is 1. The first kappa shape index (κ1) is 15.9. The summed E-state index contributed by atoms with van der Waals surface area (Å²) in [6.45, 7) is -0.300. The van der Waals surface area contributed by atoms with Crippen molar-refractivity contribution in [3.63, 3.8) is 0 Å². The van der Waals surface area contributed by atoms with Crippen LogP contribution in [0, 0.1) is 11.3 Å². The lowest BCUT2D eigenvalue weighted by Crippen LogP contribution is -2.45. The molecule has 0 aromatic carbocycles. The zero-order chi connectivity index (χ0) is 14.1. The summed E-state index contributed by atoms with van der Waals surface area (Å²) in [4.78, 5) is 35.8. The maximum absolute atomic E-state index is 11.7. The monoisotopic (exact) mass is 255 g/mol. The van der Waals surface area contributed by atoms with Gasteiger partial charge in [0.25, 0.3) is 0 Å². The van der Waals surface area contributed by atoms with Crippen molar-refractivity contribution in [1.82, 2.24) is 9.80 Å². The third kappa shape index (κ3) is 7.19. The predicted molar refractivity (Wildman–Crippen MR) is 62.7 cm³/mol. The first-order valence-electron chi connectivity index (χ1n) is 5.26. The first-order valence-corrected chi connectivity index (χ1v) is 5.26. The number of primary amides is 2. The van der Waals surface area contributed by atoms with E-state index in [1.165, 1.54) is 16.8 Å². The highest BCUT2D eigenvalue weighted by atomic mass is 16.2. The van der Waals surface area contributed by atoms with Crippen LogP contribution in [0.1, 0.15) is 6.42 Å². The van der Waals surface area contributed by atoms with Gasteiger partial charge in [0.2, 0.25) is 17.7 Å². The molecule has 8 heteroatoms. The van der Waals surface area contributed by atoms with E-state index in [9.17, 15) is 14.4 Å². The van der Waals surface area contributed by atoms with Crippen molar-refractivity contribution in [2.75, 3.05) is 33.2 Å². The summed E-state index contributed by atoms with van der Waals surface area (Å²) in [6, 6.07) is 1.92. The highest BCUT2D eigenvalue weighted by Crippen LogP contribution is 1.93. The number of hydrogen-bond donors (Lipinski definition) is 2. The molecule has 0 radical (unpaired) electrons. The molecule has 0 fully saturated rings. The Hall–Kier alpha value is -2.14. The number of carbonyl (C=O) groups excluding carboxylic acids is 3. The van der Waals surface area contributed by atoms with Crippen molar-refractivity contribution in [1.29, 1.82) is 5.26 Å². The summed E-state index contributed by atoms with van der Waals surface area (Å²) in [6.07, 6.45) is 0.216. The Morgan fingerprint density at radius 1 is 1.11 bits per heavy atom. The van der Waals surface area contributed by atoms with Crippen molar-refractivity contribution in [3.05, 3.63) is 0 Å². The van der Waals surface area contributed by atoms with Crippen LogP contribution in [0.3, 0.4) is 0 Å². The normalized spacial score (nSPS) is 9.83. The largest absolute Gasteiger partial charge is 0.369 e. The lowest BCUT2D eigenvalue weighted by molar-refractivity contribution is -0.132. The molecule has 3 amide bonds. The van der Waals surface area contributed by atoms with Crippen LogP contribution in [0.15, 0.2) is 0 Å². The molecule has 4 N–H and O–H groups in total. The first-order chi connectivity index (χ1) is 8.36. The zero-order valence-corrected chi connectivity index (χ0v) is 10.3. The van der Waals surface area contributed by atoms with E-state index in [0.717, 1.165) is 0 Å². The van der Waals surface area contributed by atoms with Gasteiger partial charge in [-0.1, -0.05) is 0 Å². The van der Waals surface area contributed by atoms with Crippen molar-refractivity contribution in [3.8, 4) is 6.07 Å². The SMILES string of the molecule is CN(CCC#N)C(=O)CN(CC(N)=O)CC(N)=O. The standard InChI is InChI=1S/C10H17N5O3/c1-14(4-2-3-11)10(18)7-15(5-8(12)16)6-9(13)17/h2,4-7H2,1H3,(H2,12,16)(H2,13,17). The minimum absolute atomic E-state index is 0.145. The van der Waals surface area contributed by atoms with E-state index < -0.39 is 11.8 Å². The van der Waals surface area contributed by atoms with E-state index >= 15 is 0 Å². The van der Waals surface area contributed by atoms with E-state index in [1.54, 1.807) is 0 Å². The molecule has 0 saturated heterocycles. The molecular weight excluding hydrogens is 238 g/mol. The Labute approximate surface area is 105 Å². The van der Waals surface area contributed by atoms with Gasteiger partial charge in [0.1, 0.15) is 0 Å². The van der Waals surface area contributed by atoms with Gasteiger partial charge >= 0.3 is 0 Å². The Kier molecular flexibility index (Phi) is 7.07. The fourth-order valence-corrected chi connectivity index (χ4v) is 1.26. The van der Waals surface area contributed by atoms with Gasteiger partial charge in [-0.3, -0.25) is 19.3 Å². The molecule has 0 aromatic rings. The minimum Gasteiger partial charge on any atom is -0.369 e. The average molecular weight is 255 g/mol. The molecule has 0 heterocycles. The Morgan fingerprint density at radius 3 is 2.00 bits per heavy atom. The van der Waals surface area contributed by atoms with Crippen molar-refractivity contribution in [2.24, 2.45) is 11.5 Å². The van der Waals surface area contributed by atoms with Crippen LogP contribution >= 0.6 is 0 Å². The second-order valence-electron chi connectivity index (χ2n) is 3.80. The summed E-state index contributed by atoms with van der Waals surface area (Å²) in [5.74, 6) is -1.61. The molecule has 0 aromatic heterocycles. The average Bonchev–Trinajstić information content (AvgIpc) is 2.23. The van der Waals surface area contributed by atoms with Gasteiger partial charge in [-0.15, -0.1) is 0 Å². The van der Waals surface area contributed by atoms with Gasteiger partial charge in [-0.2, -0.15) is 5.26 Å². The Morgan fingerprint density at radius 2 is 1.61 bits per heavy atom. The molecule has 0 bridgehead atoms. The van der Waals surface area contributed by atoms with Crippen molar-refractivity contribution in [2.45, 2.75) is 6.42 Å². The Bertz CT molecular complexity index is 347. The smallest absolute Gasteiger partial charge is 0.236 e. The summed E-state index contributed by atoms with van der Waals surface area (Å²) < 4.78 is 0. The summed E-state index contributed by atoms with van der Waals surface area (Å²) >= 11 is 0. The second-order valence-corrected chi connectivity index (χ2v) is 3.80. The number of rotatable bonds is 8. The molecule has 8 nitrogen and oxygen atoms in total. The summed E-state index contributed by atoms with van der Waals surface area (Å²) in [7, 11) is 1.53. The van der Waals surface area contributed by atoms with Gasteiger partial charge < -0.3 is 16.4 Å². The molecule has 0 atom stereocenters. The van der Waals surface area contributed by atoms with Crippen LogP contribution in [0.25, 0.3) is 0 Å². The topological polar surface area (TPSA) is 134 Å². The number of carbonyl (C=O) groups is 3. The van der Waals surface area contributed by atoms with Gasteiger partial charge in [0.15, 0.2) is 0 Å². The highest BCUT2D eigenvalue weighted by molar-refractivity contribution is 5.82.